The maximum absolute atomic E-state index is 12.5. The number of nitrogens with one attached hydrogen (secondary N) is 1. The molecule has 124 valence electrons. The summed E-state index contributed by atoms with van der Waals surface area (Å²) in [6, 6.07) is 4.29. The number of hydrogen-bond acceptors (Lipinski definition) is 5. The van der Waals surface area contributed by atoms with Crippen molar-refractivity contribution in [2.45, 2.75) is 27.0 Å². The standard InChI is InChI=1S/C15H16F2N2O4/c1-8-9(2)22-12(19-8)7-18-14(20)10-5-4-6-11(21-3)13(10)23-15(16)17/h4-6,15H,7H2,1-3H3,(H,18,20). The van der Waals surface area contributed by atoms with Crippen molar-refractivity contribution < 1.29 is 27.5 Å². The summed E-state index contributed by atoms with van der Waals surface area (Å²) in [7, 11) is 1.30. The zero-order valence-corrected chi connectivity index (χ0v) is 12.9. The highest BCUT2D eigenvalue weighted by Gasteiger charge is 2.20. The normalized spacial score (nSPS) is 10.7. The molecule has 0 aliphatic heterocycles. The molecule has 0 fully saturated rings. The van der Waals surface area contributed by atoms with Crippen molar-refractivity contribution in [1.82, 2.24) is 10.3 Å². The highest BCUT2D eigenvalue weighted by molar-refractivity contribution is 5.97. The lowest BCUT2D eigenvalue weighted by Gasteiger charge is -2.13. The molecule has 8 heteroatoms. The molecule has 0 spiro atoms. The minimum absolute atomic E-state index is 0.0266. The summed E-state index contributed by atoms with van der Waals surface area (Å²) >= 11 is 0. The van der Waals surface area contributed by atoms with Crippen LogP contribution in [0.25, 0.3) is 0 Å². The third-order valence-electron chi connectivity index (χ3n) is 3.12. The van der Waals surface area contributed by atoms with Crippen LogP contribution in [0, 0.1) is 13.8 Å². The number of amides is 1. The maximum Gasteiger partial charge on any atom is 0.387 e. The fourth-order valence-corrected chi connectivity index (χ4v) is 1.93. The number of rotatable bonds is 6. The largest absolute Gasteiger partial charge is 0.493 e. The van der Waals surface area contributed by atoms with Crippen LogP contribution in [0.2, 0.25) is 0 Å². The van der Waals surface area contributed by atoms with Gasteiger partial charge in [-0.3, -0.25) is 4.79 Å². The third kappa shape index (κ3) is 3.97. The Labute approximate surface area is 131 Å². The van der Waals surface area contributed by atoms with Gasteiger partial charge in [-0.2, -0.15) is 8.78 Å². The van der Waals surface area contributed by atoms with Crippen LogP contribution in [-0.2, 0) is 6.54 Å². The summed E-state index contributed by atoms with van der Waals surface area (Å²) in [6.07, 6.45) is 0. The van der Waals surface area contributed by atoms with E-state index in [1.807, 2.05) is 0 Å². The first-order valence-corrected chi connectivity index (χ1v) is 6.75. The number of carbonyl (C=O) groups is 1. The molecule has 1 aromatic heterocycles. The fourth-order valence-electron chi connectivity index (χ4n) is 1.93. The molecule has 23 heavy (non-hydrogen) atoms. The van der Waals surface area contributed by atoms with E-state index in [9.17, 15) is 13.6 Å². The Bertz CT molecular complexity index is 681. The molecule has 0 atom stereocenters. The summed E-state index contributed by atoms with van der Waals surface area (Å²) in [4.78, 5) is 16.3. The van der Waals surface area contributed by atoms with E-state index in [-0.39, 0.29) is 23.6 Å². The first-order chi connectivity index (χ1) is 10.9. The average molecular weight is 326 g/mol. The Hall–Kier alpha value is -2.64. The van der Waals surface area contributed by atoms with Crippen LogP contribution < -0.4 is 14.8 Å². The van der Waals surface area contributed by atoms with Gasteiger partial charge >= 0.3 is 6.61 Å². The molecule has 0 radical (unpaired) electrons. The lowest BCUT2D eigenvalue weighted by Crippen LogP contribution is -2.24. The van der Waals surface area contributed by atoms with Crippen LogP contribution in [0.15, 0.2) is 22.6 Å². The number of oxazole rings is 1. The second-order valence-electron chi connectivity index (χ2n) is 4.65. The van der Waals surface area contributed by atoms with Gasteiger partial charge in [0, 0.05) is 0 Å². The predicted molar refractivity (Wildman–Crippen MR) is 76.8 cm³/mol. The van der Waals surface area contributed by atoms with Crippen molar-refractivity contribution in [3.8, 4) is 11.5 Å². The van der Waals surface area contributed by atoms with E-state index in [1.54, 1.807) is 13.8 Å². The summed E-state index contributed by atoms with van der Waals surface area (Å²) in [5, 5.41) is 2.55. The van der Waals surface area contributed by atoms with Gasteiger partial charge in [0.1, 0.15) is 5.76 Å². The highest BCUT2D eigenvalue weighted by atomic mass is 19.3. The topological polar surface area (TPSA) is 73.6 Å². The second kappa shape index (κ2) is 7.08. The molecular weight excluding hydrogens is 310 g/mol. The zero-order valence-electron chi connectivity index (χ0n) is 12.9. The molecule has 6 nitrogen and oxygen atoms in total. The Morgan fingerprint density at radius 2 is 2.13 bits per heavy atom. The quantitative estimate of drug-likeness (QED) is 0.883. The van der Waals surface area contributed by atoms with Gasteiger partial charge in [0.15, 0.2) is 11.5 Å². The SMILES string of the molecule is COc1cccc(C(=O)NCc2nc(C)c(C)o2)c1OC(F)F. The Balaban J connectivity index is 2.17. The van der Waals surface area contributed by atoms with E-state index in [4.69, 9.17) is 9.15 Å². The van der Waals surface area contributed by atoms with Crippen LogP contribution in [-0.4, -0.2) is 24.6 Å². The number of aromatic nitrogens is 1. The number of halogens is 2. The number of alkyl halides is 2. The van der Waals surface area contributed by atoms with E-state index in [1.165, 1.54) is 25.3 Å². The van der Waals surface area contributed by atoms with Crippen LogP contribution in [0.1, 0.15) is 27.7 Å². The van der Waals surface area contributed by atoms with Crippen molar-refractivity contribution in [3.05, 3.63) is 41.1 Å². The molecule has 2 rings (SSSR count). The minimum Gasteiger partial charge on any atom is -0.493 e. The van der Waals surface area contributed by atoms with Gasteiger partial charge in [0.05, 0.1) is 24.9 Å². The van der Waals surface area contributed by atoms with E-state index in [0.717, 1.165) is 5.69 Å². The molecule has 0 aliphatic rings. The predicted octanol–water partition coefficient (Wildman–Crippen LogP) is 2.83. The number of methoxy groups -OCH3 is 1. The first kappa shape index (κ1) is 16.7. The molecule has 1 aromatic carbocycles. The van der Waals surface area contributed by atoms with Crippen LogP contribution in [0.5, 0.6) is 11.5 Å². The summed E-state index contributed by atoms with van der Waals surface area (Å²) in [6.45, 7) is 0.485. The van der Waals surface area contributed by atoms with E-state index in [2.05, 4.69) is 15.0 Å². The smallest absolute Gasteiger partial charge is 0.387 e. The van der Waals surface area contributed by atoms with Crippen molar-refractivity contribution >= 4 is 5.91 Å². The molecule has 0 saturated carbocycles. The molecule has 0 bridgehead atoms. The average Bonchev–Trinajstić information content (AvgIpc) is 2.83. The lowest BCUT2D eigenvalue weighted by atomic mass is 10.1. The van der Waals surface area contributed by atoms with Crippen molar-refractivity contribution in [2.24, 2.45) is 0 Å². The molecule has 2 aromatic rings. The number of hydrogen-bond donors (Lipinski definition) is 1. The van der Waals surface area contributed by atoms with Gasteiger partial charge in [-0.15, -0.1) is 0 Å². The minimum atomic E-state index is -3.07. The van der Waals surface area contributed by atoms with Gasteiger partial charge in [-0.05, 0) is 26.0 Å². The summed E-state index contributed by atoms with van der Waals surface area (Å²) in [5.41, 5.74) is 0.655. The Morgan fingerprint density at radius 3 is 2.70 bits per heavy atom. The van der Waals surface area contributed by atoms with Gasteiger partial charge in [-0.1, -0.05) is 6.07 Å². The number of benzene rings is 1. The van der Waals surface area contributed by atoms with Crippen LogP contribution >= 0.6 is 0 Å². The van der Waals surface area contributed by atoms with Crippen molar-refractivity contribution in [3.63, 3.8) is 0 Å². The first-order valence-electron chi connectivity index (χ1n) is 6.75. The Kier molecular flexibility index (Phi) is 5.15. The van der Waals surface area contributed by atoms with Gasteiger partial charge in [0.25, 0.3) is 5.91 Å². The molecule has 1 amide bonds. The van der Waals surface area contributed by atoms with E-state index >= 15 is 0 Å². The molecular formula is C15H16F2N2O4. The van der Waals surface area contributed by atoms with Crippen LogP contribution in [0.3, 0.4) is 0 Å². The molecule has 0 unspecified atom stereocenters. The maximum atomic E-state index is 12.5. The van der Waals surface area contributed by atoms with Crippen molar-refractivity contribution in [1.29, 1.82) is 0 Å². The molecule has 0 saturated heterocycles. The number of para-hydroxylation sites is 1. The van der Waals surface area contributed by atoms with Gasteiger partial charge in [0.2, 0.25) is 5.89 Å². The monoisotopic (exact) mass is 326 g/mol. The number of ether oxygens (including phenoxy) is 2. The molecule has 1 heterocycles. The van der Waals surface area contributed by atoms with Gasteiger partial charge in [-0.25, -0.2) is 4.98 Å². The number of aryl methyl sites for hydroxylation is 2. The fraction of sp³-hybridized carbons (Fsp3) is 0.333. The van der Waals surface area contributed by atoms with Crippen molar-refractivity contribution in [2.75, 3.05) is 7.11 Å². The lowest BCUT2D eigenvalue weighted by molar-refractivity contribution is -0.0515. The van der Waals surface area contributed by atoms with Gasteiger partial charge < -0.3 is 19.2 Å². The Morgan fingerprint density at radius 1 is 1.39 bits per heavy atom. The number of carbonyl (C=O) groups excluding carboxylic acids is 1. The number of nitrogens with zero attached hydrogens (tertiary/aromatic N) is 1. The third-order valence-corrected chi connectivity index (χ3v) is 3.12. The zero-order chi connectivity index (χ0) is 17.0. The second-order valence-corrected chi connectivity index (χ2v) is 4.65. The van der Waals surface area contributed by atoms with E-state index < -0.39 is 12.5 Å². The summed E-state index contributed by atoms with van der Waals surface area (Å²) in [5.74, 6) is 0.0982. The molecule has 0 aliphatic carbocycles. The highest BCUT2D eigenvalue weighted by Crippen LogP contribution is 2.32. The molecule has 1 N–H and O–H groups in total. The van der Waals surface area contributed by atoms with E-state index in [0.29, 0.717) is 11.7 Å². The van der Waals surface area contributed by atoms with Crippen LogP contribution in [0.4, 0.5) is 8.78 Å². The summed E-state index contributed by atoms with van der Waals surface area (Å²) < 4.78 is 39.8.